The van der Waals surface area contributed by atoms with Gasteiger partial charge in [-0.3, -0.25) is 4.79 Å². The predicted molar refractivity (Wildman–Crippen MR) is 56.3 cm³/mol. The number of phenols is 1. The number of aliphatic carboxylic acids is 1. The zero-order chi connectivity index (χ0) is 12.1. The minimum Gasteiger partial charge on any atom is -0.504 e. The number of ketones is 1. The van der Waals surface area contributed by atoms with Crippen LogP contribution in [0.5, 0.6) is 11.5 Å². The van der Waals surface area contributed by atoms with E-state index in [0.29, 0.717) is 5.56 Å². The Bertz CT molecular complexity index is 448. The lowest BCUT2D eigenvalue weighted by Crippen LogP contribution is -2.08. The molecule has 0 spiro atoms. The van der Waals surface area contributed by atoms with Gasteiger partial charge < -0.3 is 14.9 Å². The number of phenolic OH excluding ortho intramolecular Hbond substituents is 1. The Hall–Kier alpha value is -2.30. The molecule has 1 aromatic rings. The lowest BCUT2D eigenvalue weighted by molar-refractivity contribution is -0.146. The van der Waals surface area contributed by atoms with Crippen molar-refractivity contribution in [2.75, 3.05) is 7.11 Å². The maximum Gasteiger partial charge on any atom is 0.376 e. The Balaban J connectivity index is 2.98. The topological polar surface area (TPSA) is 83.8 Å². The number of carbonyl (C=O) groups excluding carboxylic acids is 1. The van der Waals surface area contributed by atoms with Crippen molar-refractivity contribution in [3.8, 4) is 11.5 Å². The number of hydrogen-bond acceptors (Lipinski definition) is 4. The van der Waals surface area contributed by atoms with Crippen LogP contribution in [0.25, 0.3) is 6.08 Å². The molecule has 0 aliphatic carbocycles. The second-order valence-electron chi connectivity index (χ2n) is 2.90. The van der Waals surface area contributed by atoms with Gasteiger partial charge in [0.15, 0.2) is 11.5 Å². The molecule has 0 aromatic heterocycles. The quantitative estimate of drug-likeness (QED) is 0.588. The Morgan fingerprint density at radius 2 is 2.06 bits per heavy atom. The Morgan fingerprint density at radius 3 is 2.62 bits per heavy atom. The number of methoxy groups -OCH3 is 1. The van der Waals surface area contributed by atoms with Crippen molar-refractivity contribution in [3.63, 3.8) is 0 Å². The van der Waals surface area contributed by atoms with E-state index in [9.17, 15) is 14.7 Å². The number of hydrogen-bond donors (Lipinski definition) is 2. The van der Waals surface area contributed by atoms with E-state index < -0.39 is 11.8 Å². The molecule has 0 amide bonds. The van der Waals surface area contributed by atoms with Gasteiger partial charge >= 0.3 is 5.97 Å². The monoisotopic (exact) mass is 222 g/mol. The molecule has 0 bridgehead atoms. The highest BCUT2D eigenvalue weighted by Crippen LogP contribution is 2.29. The van der Waals surface area contributed by atoms with Gasteiger partial charge in [0.25, 0.3) is 5.78 Å². The molecule has 84 valence electrons. The molecule has 0 atom stereocenters. The Kier molecular flexibility index (Phi) is 3.66. The largest absolute Gasteiger partial charge is 0.504 e. The van der Waals surface area contributed by atoms with E-state index in [1.54, 1.807) is 12.1 Å². The van der Waals surface area contributed by atoms with Gasteiger partial charge in [-0.1, -0.05) is 12.1 Å². The van der Waals surface area contributed by atoms with E-state index >= 15 is 0 Å². The summed E-state index contributed by atoms with van der Waals surface area (Å²) in [7, 11) is 1.39. The van der Waals surface area contributed by atoms with Crippen LogP contribution in [0.1, 0.15) is 5.56 Å². The summed E-state index contributed by atoms with van der Waals surface area (Å²) in [6.07, 6.45) is 2.09. The van der Waals surface area contributed by atoms with E-state index in [4.69, 9.17) is 9.84 Å². The van der Waals surface area contributed by atoms with Crippen molar-refractivity contribution >= 4 is 17.8 Å². The molecule has 0 aliphatic heterocycles. The standard InChI is InChI=1S/C11H10O5/c1-16-9-4-2-3-7(10(9)13)5-6-8(12)11(14)15/h2-6,13H,1H3,(H,14,15)/b6-5+. The molecule has 0 unspecified atom stereocenters. The summed E-state index contributed by atoms with van der Waals surface area (Å²) in [5.74, 6) is -2.48. The van der Waals surface area contributed by atoms with Gasteiger partial charge in [-0.25, -0.2) is 4.79 Å². The van der Waals surface area contributed by atoms with Gasteiger partial charge in [-0.05, 0) is 18.2 Å². The number of rotatable bonds is 4. The minimum atomic E-state index is -1.54. The van der Waals surface area contributed by atoms with Crippen LogP contribution < -0.4 is 4.74 Å². The summed E-state index contributed by atoms with van der Waals surface area (Å²) in [6.45, 7) is 0. The summed E-state index contributed by atoms with van der Waals surface area (Å²) in [5.41, 5.74) is 0.314. The van der Waals surface area contributed by atoms with Crippen molar-refractivity contribution in [1.29, 1.82) is 0 Å². The fourth-order valence-electron chi connectivity index (χ4n) is 1.08. The maximum atomic E-state index is 10.8. The van der Waals surface area contributed by atoms with Crippen LogP contribution in [0.2, 0.25) is 0 Å². The lowest BCUT2D eigenvalue weighted by atomic mass is 10.1. The smallest absolute Gasteiger partial charge is 0.376 e. The number of aromatic hydroxyl groups is 1. The summed E-state index contributed by atoms with van der Waals surface area (Å²) in [6, 6.07) is 4.69. The number of ether oxygens (including phenoxy) is 1. The average molecular weight is 222 g/mol. The molecule has 1 rings (SSSR count). The van der Waals surface area contributed by atoms with Crippen molar-refractivity contribution in [3.05, 3.63) is 29.8 Å². The third-order valence-corrected chi connectivity index (χ3v) is 1.88. The summed E-state index contributed by atoms with van der Waals surface area (Å²) < 4.78 is 4.85. The van der Waals surface area contributed by atoms with Crippen LogP contribution in [0, 0.1) is 0 Å². The molecule has 5 nitrogen and oxygen atoms in total. The maximum absolute atomic E-state index is 10.8. The molecular weight excluding hydrogens is 212 g/mol. The number of carboxylic acid groups (broad SMARTS) is 1. The van der Waals surface area contributed by atoms with E-state index in [1.165, 1.54) is 19.3 Å². The average Bonchev–Trinajstić information content (AvgIpc) is 2.27. The van der Waals surface area contributed by atoms with Gasteiger partial charge in [0.05, 0.1) is 7.11 Å². The second kappa shape index (κ2) is 4.97. The van der Waals surface area contributed by atoms with E-state index in [-0.39, 0.29) is 11.5 Å². The molecule has 2 N–H and O–H groups in total. The highest BCUT2D eigenvalue weighted by molar-refractivity contribution is 6.38. The molecule has 0 aliphatic rings. The molecule has 0 heterocycles. The van der Waals surface area contributed by atoms with E-state index in [2.05, 4.69) is 0 Å². The first-order valence-corrected chi connectivity index (χ1v) is 4.37. The summed E-state index contributed by atoms with van der Waals surface area (Å²) in [4.78, 5) is 21.0. The fourth-order valence-corrected chi connectivity index (χ4v) is 1.08. The van der Waals surface area contributed by atoms with Gasteiger partial charge in [0.2, 0.25) is 0 Å². The predicted octanol–water partition coefficient (Wildman–Crippen LogP) is 1.07. The normalized spacial score (nSPS) is 10.3. The molecule has 0 saturated heterocycles. The van der Waals surface area contributed by atoms with Crippen molar-refractivity contribution in [1.82, 2.24) is 0 Å². The highest BCUT2D eigenvalue weighted by atomic mass is 16.5. The Labute approximate surface area is 91.6 Å². The van der Waals surface area contributed by atoms with Gasteiger partial charge in [-0.2, -0.15) is 0 Å². The van der Waals surface area contributed by atoms with Crippen molar-refractivity contribution in [2.24, 2.45) is 0 Å². The van der Waals surface area contributed by atoms with Gasteiger partial charge in [0, 0.05) is 5.56 Å². The third-order valence-electron chi connectivity index (χ3n) is 1.88. The van der Waals surface area contributed by atoms with E-state index in [1.807, 2.05) is 0 Å². The molecule has 0 radical (unpaired) electrons. The fraction of sp³-hybridized carbons (Fsp3) is 0.0909. The van der Waals surface area contributed by atoms with Crippen LogP contribution in [0.3, 0.4) is 0 Å². The Morgan fingerprint density at radius 1 is 1.38 bits per heavy atom. The third kappa shape index (κ3) is 2.60. The number of benzene rings is 1. The molecule has 5 heteroatoms. The van der Waals surface area contributed by atoms with E-state index in [0.717, 1.165) is 6.08 Å². The molecular formula is C11H10O5. The first-order valence-electron chi connectivity index (χ1n) is 4.37. The number of carbonyl (C=O) groups is 2. The van der Waals surface area contributed by atoms with Crippen LogP contribution in [0.4, 0.5) is 0 Å². The molecule has 0 fully saturated rings. The van der Waals surface area contributed by atoms with Crippen LogP contribution in [-0.2, 0) is 9.59 Å². The highest BCUT2D eigenvalue weighted by Gasteiger charge is 2.08. The molecule has 0 saturated carbocycles. The minimum absolute atomic E-state index is 0.139. The van der Waals surface area contributed by atoms with Crippen LogP contribution >= 0.6 is 0 Å². The lowest BCUT2D eigenvalue weighted by Gasteiger charge is -2.04. The second-order valence-corrected chi connectivity index (χ2v) is 2.90. The summed E-state index contributed by atoms with van der Waals surface area (Å²) in [5, 5.41) is 17.9. The first-order chi connectivity index (χ1) is 7.56. The molecule has 16 heavy (non-hydrogen) atoms. The van der Waals surface area contributed by atoms with Crippen LogP contribution in [0.15, 0.2) is 24.3 Å². The number of carboxylic acids is 1. The van der Waals surface area contributed by atoms with Crippen molar-refractivity contribution in [2.45, 2.75) is 0 Å². The summed E-state index contributed by atoms with van der Waals surface area (Å²) >= 11 is 0. The first kappa shape index (κ1) is 11.8. The zero-order valence-corrected chi connectivity index (χ0v) is 8.51. The van der Waals surface area contributed by atoms with Crippen molar-refractivity contribution < 1.29 is 24.5 Å². The number of para-hydroxylation sites is 1. The van der Waals surface area contributed by atoms with Gasteiger partial charge in [0.1, 0.15) is 0 Å². The zero-order valence-electron chi connectivity index (χ0n) is 8.51. The van der Waals surface area contributed by atoms with Gasteiger partial charge in [-0.15, -0.1) is 0 Å². The SMILES string of the molecule is COc1cccc(/C=C/C(=O)C(=O)O)c1O. The van der Waals surface area contributed by atoms with Crippen LogP contribution in [-0.4, -0.2) is 29.1 Å². The molecule has 1 aromatic carbocycles.